The third kappa shape index (κ3) is 5.89. The predicted molar refractivity (Wildman–Crippen MR) is 74.6 cm³/mol. The highest BCUT2D eigenvalue weighted by atomic mass is 16.2. The zero-order chi connectivity index (χ0) is 13.5. The van der Waals surface area contributed by atoms with E-state index in [4.69, 9.17) is 0 Å². The van der Waals surface area contributed by atoms with Crippen LogP contribution in [0.15, 0.2) is 4.99 Å². The Kier molecular flexibility index (Phi) is 5.95. The highest BCUT2D eigenvalue weighted by Gasteiger charge is 2.21. The third-order valence-corrected chi connectivity index (χ3v) is 3.12. The van der Waals surface area contributed by atoms with Gasteiger partial charge in [-0.2, -0.15) is 0 Å². The molecular formula is C13H26N4O. The third-order valence-electron chi connectivity index (χ3n) is 3.12. The fraction of sp³-hybridized carbons (Fsp3) is 0.846. The topological polar surface area (TPSA) is 56.7 Å². The Morgan fingerprint density at radius 2 is 2.11 bits per heavy atom. The van der Waals surface area contributed by atoms with Gasteiger partial charge in [0.1, 0.15) is 6.54 Å². The molecular weight excluding hydrogens is 228 g/mol. The van der Waals surface area contributed by atoms with Crippen molar-refractivity contribution in [3.63, 3.8) is 0 Å². The summed E-state index contributed by atoms with van der Waals surface area (Å²) in [6.07, 6.45) is 3.65. The summed E-state index contributed by atoms with van der Waals surface area (Å²) >= 11 is 0. The molecule has 1 aliphatic rings. The molecule has 1 rings (SSSR count). The average molecular weight is 254 g/mol. The molecule has 18 heavy (non-hydrogen) atoms. The molecule has 1 amide bonds. The number of nitrogens with one attached hydrogen (secondary N) is 2. The summed E-state index contributed by atoms with van der Waals surface area (Å²) in [6.45, 7) is 5.39. The van der Waals surface area contributed by atoms with Gasteiger partial charge in [-0.25, -0.2) is 4.99 Å². The summed E-state index contributed by atoms with van der Waals surface area (Å²) < 4.78 is 0. The minimum absolute atomic E-state index is 0.0201. The largest absolute Gasteiger partial charge is 0.356 e. The lowest BCUT2D eigenvalue weighted by Gasteiger charge is -2.17. The molecule has 0 radical (unpaired) electrons. The number of hydrogen-bond donors (Lipinski definition) is 2. The predicted octanol–water partition coefficient (Wildman–Crippen LogP) is 0.818. The molecule has 0 aliphatic heterocycles. The minimum Gasteiger partial charge on any atom is -0.356 e. The van der Waals surface area contributed by atoms with Crippen molar-refractivity contribution < 1.29 is 4.79 Å². The lowest BCUT2D eigenvalue weighted by atomic mass is 10.3. The van der Waals surface area contributed by atoms with Crippen LogP contribution in [0.4, 0.5) is 0 Å². The average Bonchev–Trinajstić information content (AvgIpc) is 3.15. The normalized spacial score (nSPS) is 17.2. The minimum atomic E-state index is 0.0201. The van der Waals surface area contributed by atoms with Crippen molar-refractivity contribution in [1.82, 2.24) is 15.5 Å². The molecule has 1 fully saturated rings. The van der Waals surface area contributed by atoms with Crippen LogP contribution in [0.5, 0.6) is 0 Å². The maximum absolute atomic E-state index is 11.5. The first-order chi connectivity index (χ1) is 8.52. The summed E-state index contributed by atoms with van der Waals surface area (Å²) in [5, 5.41) is 6.62. The van der Waals surface area contributed by atoms with Crippen molar-refractivity contribution in [3.05, 3.63) is 0 Å². The summed E-state index contributed by atoms with van der Waals surface area (Å²) in [6, 6.07) is 0.366. The second-order valence-electron chi connectivity index (χ2n) is 5.23. The Hall–Kier alpha value is -1.26. The van der Waals surface area contributed by atoms with Crippen LogP contribution in [0, 0.1) is 5.92 Å². The zero-order valence-corrected chi connectivity index (χ0v) is 12.0. The zero-order valence-electron chi connectivity index (χ0n) is 12.0. The van der Waals surface area contributed by atoms with Gasteiger partial charge < -0.3 is 15.5 Å². The van der Waals surface area contributed by atoms with Crippen molar-refractivity contribution in [3.8, 4) is 0 Å². The van der Waals surface area contributed by atoms with Crippen LogP contribution in [0.2, 0.25) is 0 Å². The summed E-state index contributed by atoms with van der Waals surface area (Å²) in [7, 11) is 3.49. The molecule has 1 atom stereocenters. The number of amides is 1. The van der Waals surface area contributed by atoms with E-state index in [9.17, 15) is 4.79 Å². The van der Waals surface area contributed by atoms with E-state index in [1.165, 1.54) is 12.8 Å². The highest BCUT2D eigenvalue weighted by Crippen LogP contribution is 2.27. The molecule has 2 N–H and O–H groups in total. The Morgan fingerprint density at radius 3 is 2.61 bits per heavy atom. The van der Waals surface area contributed by atoms with Crippen molar-refractivity contribution >= 4 is 11.9 Å². The molecule has 104 valence electrons. The Balaban J connectivity index is 2.44. The molecule has 0 bridgehead atoms. The van der Waals surface area contributed by atoms with Gasteiger partial charge in [0.15, 0.2) is 5.96 Å². The van der Waals surface area contributed by atoms with E-state index < -0.39 is 0 Å². The molecule has 0 aromatic heterocycles. The molecule has 0 aromatic rings. The van der Waals surface area contributed by atoms with Gasteiger partial charge in [-0.1, -0.05) is 6.92 Å². The van der Waals surface area contributed by atoms with Gasteiger partial charge in [0, 0.05) is 26.7 Å². The van der Waals surface area contributed by atoms with Gasteiger partial charge in [0.25, 0.3) is 0 Å². The molecule has 5 nitrogen and oxygen atoms in total. The SMILES string of the molecule is CCC(C)NC(=NCC(=O)N(C)C)NCC1CC1. The fourth-order valence-electron chi connectivity index (χ4n) is 1.34. The lowest BCUT2D eigenvalue weighted by Crippen LogP contribution is -2.43. The number of carbonyl (C=O) groups is 1. The lowest BCUT2D eigenvalue weighted by molar-refractivity contribution is -0.127. The molecule has 0 spiro atoms. The summed E-state index contributed by atoms with van der Waals surface area (Å²) in [5.74, 6) is 1.57. The molecule has 1 aliphatic carbocycles. The van der Waals surface area contributed by atoms with Gasteiger partial charge in [-0.05, 0) is 32.1 Å². The molecule has 5 heteroatoms. The monoisotopic (exact) mass is 254 g/mol. The maximum atomic E-state index is 11.5. The first-order valence-electron chi connectivity index (χ1n) is 6.78. The second-order valence-corrected chi connectivity index (χ2v) is 5.23. The van der Waals surface area contributed by atoms with E-state index in [1.54, 1.807) is 19.0 Å². The van der Waals surface area contributed by atoms with Crippen molar-refractivity contribution in [1.29, 1.82) is 0 Å². The first kappa shape index (κ1) is 14.8. The van der Waals surface area contributed by atoms with E-state index in [2.05, 4.69) is 29.5 Å². The quantitative estimate of drug-likeness (QED) is 0.545. The van der Waals surface area contributed by atoms with Crippen molar-refractivity contribution in [2.24, 2.45) is 10.9 Å². The maximum Gasteiger partial charge on any atom is 0.243 e. The number of guanidine groups is 1. The van der Waals surface area contributed by atoms with Crippen molar-refractivity contribution in [2.75, 3.05) is 27.2 Å². The molecule has 0 saturated heterocycles. The molecule has 1 saturated carbocycles. The molecule has 1 unspecified atom stereocenters. The number of nitrogens with zero attached hydrogens (tertiary/aromatic N) is 2. The summed E-state index contributed by atoms with van der Waals surface area (Å²) in [5.41, 5.74) is 0. The van der Waals surface area contributed by atoms with Gasteiger partial charge in [0.2, 0.25) is 5.91 Å². The van der Waals surface area contributed by atoms with Gasteiger partial charge in [-0.15, -0.1) is 0 Å². The van der Waals surface area contributed by atoms with E-state index in [0.29, 0.717) is 6.04 Å². The van der Waals surface area contributed by atoms with E-state index in [1.807, 2.05) is 0 Å². The smallest absolute Gasteiger partial charge is 0.243 e. The second kappa shape index (κ2) is 7.24. The highest BCUT2D eigenvalue weighted by molar-refractivity contribution is 5.84. The van der Waals surface area contributed by atoms with Crippen LogP contribution in [-0.4, -0.2) is 50.0 Å². The van der Waals surface area contributed by atoms with E-state index in [-0.39, 0.29) is 12.5 Å². The van der Waals surface area contributed by atoms with Crippen LogP contribution in [0.1, 0.15) is 33.1 Å². The fourth-order valence-corrected chi connectivity index (χ4v) is 1.34. The van der Waals surface area contributed by atoms with Crippen LogP contribution in [-0.2, 0) is 4.79 Å². The van der Waals surface area contributed by atoms with Crippen molar-refractivity contribution in [2.45, 2.75) is 39.2 Å². The van der Waals surface area contributed by atoms with Gasteiger partial charge in [0.05, 0.1) is 0 Å². The number of aliphatic imine (C=N–C) groups is 1. The number of rotatable bonds is 6. The van der Waals surface area contributed by atoms with Crippen LogP contribution in [0.3, 0.4) is 0 Å². The van der Waals surface area contributed by atoms with Crippen LogP contribution < -0.4 is 10.6 Å². The first-order valence-corrected chi connectivity index (χ1v) is 6.78. The van der Waals surface area contributed by atoms with Crippen LogP contribution >= 0.6 is 0 Å². The number of hydrogen-bond acceptors (Lipinski definition) is 2. The number of carbonyl (C=O) groups excluding carboxylic acids is 1. The Labute approximate surface area is 110 Å². The summed E-state index contributed by atoms with van der Waals surface area (Å²) in [4.78, 5) is 17.4. The molecule has 0 heterocycles. The Bertz CT molecular complexity index is 297. The molecule has 0 aromatic carbocycles. The van der Waals surface area contributed by atoms with E-state index in [0.717, 1.165) is 24.8 Å². The van der Waals surface area contributed by atoms with Gasteiger partial charge in [-0.3, -0.25) is 4.79 Å². The Morgan fingerprint density at radius 1 is 1.44 bits per heavy atom. The number of likely N-dealkylation sites (N-methyl/N-ethyl adjacent to an activating group) is 1. The standard InChI is InChI=1S/C13H26N4O/c1-5-10(2)16-13(14-8-11-6-7-11)15-9-12(18)17(3)4/h10-11H,5-9H2,1-4H3,(H2,14,15,16). The van der Waals surface area contributed by atoms with Gasteiger partial charge >= 0.3 is 0 Å². The van der Waals surface area contributed by atoms with E-state index >= 15 is 0 Å². The van der Waals surface area contributed by atoms with Crippen LogP contribution in [0.25, 0.3) is 0 Å².